The van der Waals surface area contributed by atoms with Gasteiger partial charge in [0.2, 0.25) is 0 Å². The minimum atomic E-state index is -0.926. The Bertz CT molecular complexity index is 1050. The van der Waals surface area contributed by atoms with Crippen molar-refractivity contribution in [3.63, 3.8) is 0 Å². The standard InChI is InChI=1S/C24H26FNO4/c1-4-18-13-20(9-10-22(18)30-16-24(2,3)28)26-12-11-21(14-23(26)27)29-15-17-5-7-19(25)8-6-17/h5-14,28H,4,15-16H2,1-3H3. The highest BCUT2D eigenvalue weighted by molar-refractivity contribution is 5.45. The lowest BCUT2D eigenvalue weighted by molar-refractivity contribution is 0.0282. The molecule has 1 heterocycles. The monoisotopic (exact) mass is 411 g/mol. The van der Waals surface area contributed by atoms with E-state index in [4.69, 9.17) is 9.47 Å². The van der Waals surface area contributed by atoms with Gasteiger partial charge in [-0.2, -0.15) is 0 Å². The molecule has 0 unspecified atom stereocenters. The van der Waals surface area contributed by atoms with E-state index < -0.39 is 5.60 Å². The van der Waals surface area contributed by atoms with E-state index in [0.29, 0.717) is 11.5 Å². The Balaban J connectivity index is 1.75. The van der Waals surface area contributed by atoms with Gasteiger partial charge in [-0.15, -0.1) is 0 Å². The molecule has 3 rings (SSSR count). The Morgan fingerprint density at radius 3 is 2.40 bits per heavy atom. The van der Waals surface area contributed by atoms with Gasteiger partial charge in [0.1, 0.15) is 30.5 Å². The quantitative estimate of drug-likeness (QED) is 0.601. The molecule has 6 heteroatoms. The van der Waals surface area contributed by atoms with Gasteiger partial charge in [0.05, 0.1) is 5.60 Å². The molecule has 0 bridgehead atoms. The first-order valence-electron chi connectivity index (χ1n) is 9.83. The van der Waals surface area contributed by atoms with Crippen molar-refractivity contribution in [1.82, 2.24) is 4.57 Å². The van der Waals surface area contributed by atoms with Crippen molar-refractivity contribution >= 4 is 0 Å². The van der Waals surface area contributed by atoms with Gasteiger partial charge in [-0.25, -0.2) is 4.39 Å². The number of benzene rings is 2. The molecule has 0 aliphatic rings. The molecule has 3 aromatic rings. The summed E-state index contributed by atoms with van der Waals surface area (Å²) in [6.07, 6.45) is 2.39. The first-order valence-corrected chi connectivity index (χ1v) is 9.83. The molecule has 0 atom stereocenters. The lowest BCUT2D eigenvalue weighted by Gasteiger charge is -2.20. The van der Waals surface area contributed by atoms with Crippen LogP contribution in [0.5, 0.6) is 11.5 Å². The predicted octanol–water partition coefficient (Wildman–Crippen LogP) is 4.27. The lowest BCUT2D eigenvalue weighted by Crippen LogP contribution is -2.28. The number of ether oxygens (including phenoxy) is 2. The van der Waals surface area contributed by atoms with E-state index in [0.717, 1.165) is 23.2 Å². The molecule has 0 saturated carbocycles. The van der Waals surface area contributed by atoms with Crippen molar-refractivity contribution in [2.45, 2.75) is 39.4 Å². The van der Waals surface area contributed by atoms with E-state index in [9.17, 15) is 14.3 Å². The molecule has 0 spiro atoms. The molecule has 0 fully saturated rings. The summed E-state index contributed by atoms with van der Waals surface area (Å²) in [6, 6.07) is 14.7. The van der Waals surface area contributed by atoms with Crippen molar-refractivity contribution < 1.29 is 19.0 Å². The number of aryl methyl sites for hydroxylation is 1. The summed E-state index contributed by atoms with van der Waals surface area (Å²) in [5.74, 6) is 0.835. The van der Waals surface area contributed by atoms with Gasteiger partial charge in [0.15, 0.2) is 0 Å². The number of halogens is 1. The van der Waals surface area contributed by atoms with Crippen molar-refractivity contribution in [3.05, 3.63) is 88.1 Å². The van der Waals surface area contributed by atoms with Gasteiger partial charge in [-0.05, 0) is 67.8 Å². The zero-order chi connectivity index (χ0) is 21.7. The Morgan fingerprint density at radius 1 is 1.03 bits per heavy atom. The third-order valence-electron chi connectivity index (χ3n) is 4.49. The summed E-state index contributed by atoms with van der Waals surface area (Å²) in [5, 5.41) is 9.87. The fraction of sp³-hybridized carbons (Fsp3) is 0.292. The second-order valence-electron chi connectivity index (χ2n) is 7.73. The maximum atomic E-state index is 13.0. The van der Waals surface area contributed by atoms with Crippen LogP contribution in [0.25, 0.3) is 5.69 Å². The average Bonchev–Trinajstić information content (AvgIpc) is 2.71. The average molecular weight is 411 g/mol. The van der Waals surface area contributed by atoms with E-state index in [1.807, 2.05) is 19.1 Å². The van der Waals surface area contributed by atoms with Crippen molar-refractivity contribution in [3.8, 4) is 17.2 Å². The smallest absolute Gasteiger partial charge is 0.258 e. The SMILES string of the molecule is CCc1cc(-n2ccc(OCc3ccc(F)cc3)cc2=O)ccc1OCC(C)(C)O. The van der Waals surface area contributed by atoms with Gasteiger partial charge in [0, 0.05) is 18.0 Å². The normalized spacial score (nSPS) is 11.4. The first kappa shape index (κ1) is 21.6. The Labute approximate surface area is 175 Å². The number of hydrogen-bond acceptors (Lipinski definition) is 4. The highest BCUT2D eigenvalue weighted by atomic mass is 19.1. The number of nitrogens with zero attached hydrogens (tertiary/aromatic N) is 1. The van der Waals surface area contributed by atoms with Crippen molar-refractivity contribution in [1.29, 1.82) is 0 Å². The summed E-state index contributed by atoms with van der Waals surface area (Å²) in [6.45, 7) is 5.81. The Hall–Kier alpha value is -3.12. The fourth-order valence-electron chi connectivity index (χ4n) is 2.90. The van der Waals surface area contributed by atoms with Gasteiger partial charge >= 0.3 is 0 Å². The minimum absolute atomic E-state index is 0.180. The molecule has 2 aromatic carbocycles. The van der Waals surface area contributed by atoms with Crippen LogP contribution in [-0.4, -0.2) is 21.9 Å². The van der Waals surface area contributed by atoms with Gasteiger partial charge in [-0.1, -0.05) is 19.1 Å². The predicted molar refractivity (Wildman–Crippen MR) is 114 cm³/mol. The van der Waals surface area contributed by atoms with Crippen LogP contribution < -0.4 is 15.0 Å². The molecule has 30 heavy (non-hydrogen) atoms. The summed E-state index contributed by atoms with van der Waals surface area (Å²) < 4.78 is 25.9. The van der Waals surface area contributed by atoms with E-state index >= 15 is 0 Å². The third kappa shape index (κ3) is 5.70. The molecule has 0 aliphatic heterocycles. The molecule has 1 N–H and O–H groups in total. The van der Waals surface area contributed by atoms with Crippen LogP contribution in [0.2, 0.25) is 0 Å². The Kier molecular flexibility index (Phi) is 6.57. The topological polar surface area (TPSA) is 60.7 Å². The molecule has 5 nitrogen and oxygen atoms in total. The second-order valence-corrected chi connectivity index (χ2v) is 7.73. The van der Waals surface area contributed by atoms with Crippen LogP contribution in [-0.2, 0) is 13.0 Å². The summed E-state index contributed by atoms with van der Waals surface area (Å²) in [4.78, 5) is 12.6. The summed E-state index contributed by atoms with van der Waals surface area (Å²) in [5.41, 5.74) is 1.33. The van der Waals surface area contributed by atoms with Gasteiger partial charge < -0.3 is 14.6 Å². The third-order valence-corrected chi connectivity index (χ3v) is 4.49. The van der Waals surface area contributed by atoms with Gasteiger partial charge in [-0.3, -0.25) is 9.36 Å². The molecule has 158 valence electrons. The number of aromatic nitrogens is 1. The lowest BCUT2D eigenvalue weighted by atomic mass is 10.1. The van der Waals surface area contributed by atoms with Crippen LogP contribution in [0, 0.1) is 5.82 Å². The van der Waals surface area contributed by atoms with Crippen LogP contribution in [0.15, 0.2) is 65.6 Å². The minimum Gasteiger partial charge on any atom is -0.490 e. The first-order chi connectivity index (χ1) is 14.2. The van der Waals surface area contributed by atoms with E-state index in [-0.39, 0.29) is 24.6 Å². The van der Waals surface area contributed by atoms with E-state index in [1.165, 1.54) is 22.8 Å². The number of rotatable bonds is 8. The van der Waals surface area contributed by atoms with Crippen LogP contribution in [0.1, 0.15) is 31.9 Å². The summed E-state index contributed by atoms with van der Waals surface area (Å²) in [7, 11) is 0. The second kappa shape index (κ2) is 9.13. The van der Waals surface area contributed by atoms with E-state index in [1.54, 1.807) is 44.3 Å². The fourth-order valence-corrected chi connectivity index (χ4v) is 2.90. The number of hydrogen-bond donors (Lipinski definition) is 1. The maximum Gasteiger partial charge on any atom is 0.258 e. The molecule has 0 saturated heterocycles. The molecule has 1 aromatic heterocycles. The Morgan fingerprint density at radius 2 is 1.77 bits per heavy atom. The van der Waals surface area contributed by atoms with Crippen LogP contribution in [0.3, 0.4) is 0 Å². The number of pyridine rings is 1. The van der Waals surface area contributed by atoms with Crippen LogP contribution in [0.4, 0.5) is 4.39 Å². The largest absolute Gasteiger partial charge is 0.490 e. The zero-order valence-corrected chi connectivity index (χ0v) is 17.4. The molecular weight excluding hydrogens is 385 g/mol. The van der Waals surface area contributed by atoms with Crippen LogP contribution >= 0.6 is 0 Å². The molecule has 0 radical (unpaired) electrons. The molecular formula is C24H26FNO4. The van der Waals surface area contributed by atoms with Gasteiger partial charge in [0.25, 0.3) is 5.56 Å². The number of aliphatic hydroxyl groups is 1. The van der Waals surface area contributed by atoms with Crippen molar-refractivity contribution in [2.75, 3.05) is 6.61 Å². The highest BCUT2D eigenvalue weighted by Gasteiger charge is 2.15. The maximum absolute atomic E-state index is 13.0. The van der Waals surface area contributed by atoms with Crippen molar-refractivity contribution in [2.24, 2.45) is 0 Å². The summed E-state index contributed by atoms with van der Waals surface area (Å²) >= 11 is 0. The molecule has 0 aliphatic carbocycles. The zero-order valence-electron chi connectivity index (χ0n) is 17.4. The highest BCUT2D eigenvalue weighted by Crippen LogP contribution is 2.24. The molecule has 0 amide bonds. The van der Waals surface area contributed by atoms with E-state index in [2.05, 4.69) is 0 Å².